The summed E-state index contributed by atoms with van der Waals surface area (Å²) in [6, 6.07) is 8.41. The molecule has 120 valence electrons. The zero-order valence-corrected chi connectivity index (χ0v) is 15.0. The molecule has 0 amide bonds. The van der Waals surface area contributed by atoms with Crippen molar-refractivity contribution in [2.24, 2.45) is 0 Å². The van der Waals surface area contributed by atoms with Crippen LogP contribution in [0.2, 0.25) is 0 Å². The molecular formula is C18H27N3S. The van der Waals surface area contributed by atoms with Gasteiger partial charge < -0.3 is 5.32 Å². The number of nitrogens with zero attached hydrogens (tertiary/aromatic N) is 2. The van der Waals surface area contributed by atoms with Crippen molar-refractivity contribution >= 4 is 11.8 Å². The Hall–Kier alpha value is -1.26. The average Bonchev–Trinajstić information content (AvgIpc) is 2.79. The first-order valence-electron chi connectivity index (χ1n) is 7.96. The van der Waals surface area contributed by atoms with Crippen molar-refractivity contribution in [1.82, 2.24) is 15.1 Å². The smallest absolute Gasteiger partial charge is 0.0678 e. The zero-order valence-electron chi connectivity index (χ0n) is 14.1. The van der Waals surface area contributed by atoms with E-state index >= 15 is 0 Å². The van der Waals surface area contributed by atoms with Gasteiger partial charge in [0.2, 0.25) is 0 Å². The van der Waals surface area contributed by atoms with Crippen LogP contribution in [0.4, 0.5) is 0 Å². The summed E-state index contributed by atoms with van der Waals surface area (Å²) >= 11 is 1.92. The number of thioether (sulfide) groups is 1. The van der Waals surface area contributed by atoms with E-state index in [0.717, 1.165) is 18.8 Å². The topological polar surface area (TPSA) is 29.9 Å². The maximum absolute atomic E-state index is 4.74. The van der Waals surface area contributed by atoms with Gasteiger partial charge in [0.25, 0.3) is 0 Å². The molecule has 0 saturated carbocycles. The van der Waals surface area contributed by atoms with Crippen molar-refractivity contribution in [2.75, 3.05) is 18.6 Å². The lowest BCUT2D eigenvalue weighted by molar-refractivity contribution is 0.640. The van der Waals surface area contributed by atoms with E-state index in [9.17, 15) is 0 Å². The van der Waals surface area contributed by atoms with E-state index in [4.69, 9.17) is 5.10 Å². The van der Waals surface area contributed by atoms with E-state index in [1.165, 1.54) is 41.1 Å². The Morgan fingerprint density at radius 3 is 2.64 bits per heavy atom. The highest BCUT2D eigenvalue weighted by atomic mass is 32.2. The highest BCUT2D eigenvalue weighted by Crippen LogP contribution is 2.20. The largest absolute Gasteiger partial charge is 0.313 e. The number of benzene rings is 1. The van der Waals surface area contributed by atoms with E-state index in [2.05, 4.69) is 61.3 Å². The molecule has 22 heavy (non-hydrogen) atoms. The van der Waals surface area contributed by atoms with Crippen LogP contribution in [0, 0.1) is 20.8 Å². The molecule has 1 N–H and O–H groups in total. The van der Waals surface area contributed by atoms with Gasteiger partial charge in [-0.2, -0.15) is 16.9 Å². The molecule has 1 aromatic heterocycles. The van der Waals surface area contributed by atoms with Gasteiger partial charge >= 0.3 is 0 Å². The molecule has 1 aromatic carbocycles. The second-order valence-electron chi connectivity index (χ2n) is 5.72. The van der Waals surface area contributed by atoms with Gasteiger partial charge in [0.1, 0.15) is 0 Å². The molecule has 0 fully saturated rings. The lowest BCUT2D eigenvalue weighted by Crippen LogP contribution is -2.16. The Morgan fingerprint density at radius 1 is 1.14 bits per heavy atom. The van der Waals surface area contributed by atoms with Gasteiger partial charge in [-0.15, -0.1) is 0 Å². The van der Waals surface area contributed by atoms with Gasteiger partial charge in [-0.25, -0.2) is 4.68 Å². The van der Waals surface area contributed by atoms with Gasteiger partial charge in [-0.1, -0.05) is 18.2 Å². The predicted octanol–water partition coefficient (Wildman–Crippen LogP) is 4.03. The number of para-hydroxylation sites is 1. The van der Waals surface area contributed by atoms with Crippen molar-refractivity contribution < 1.29 is 0 Å². The summed E-state index contributed by atoms with van der Waals surface area (Å²) in [5.41, 5.74) is 6.12. The minimum Gasteiger partial charge on any atom is -0.313 e. The van der Waals surface area contributed by atoms with Crippen LogP contribution in [0.5, 0.6) is 0 Å². The standard InChI is InChI=1S/C18H27N3S/c1-14-9-5-6-10-18(14)21-16(3)17(15(2)20-21)13-19-11-7-8-12-22-4/h5-6,9-10,19H,7-8,11-13H2,1-4H3. The second kappa shape index (κ2) is 8.39. The molecule has 0 unspecified atom stereocenters. The van der Waals surface area contributed by atoms with Gasteiger partial charge in [-0.05, 0) is 63.8 Å². The minimum absolute atomic E-state index is 0.906. The summed E-state index contributed by atoms with van der Waals surface area (Å²) in [5.74, 6) is 1.25. The fourth-order valence-electron chi connectivity index (χ4n) is 2.68. The highest BCUT2D eigenvalue weighted by molar-refractivity contribution is 7.98. The third-order valence-electron chi connectivity index (χ3n) is 4.04. The van der Waals surface area contributed by atoms with E-state index in [-0.39, 0.29) is 0 Å². The first-order valence-corrected chi connectivity index (χ1v) is 9.35. The quantitative estimate of drug-likeness (QED) is 0.746. The molecule has 2 rings (SSSR count). The average molecular weight is 318 g/mol. The summed E-state index contributed by atoms with van der Waals surface area (Å²) in [6.45, 7) is 8.39. The molecule has 4 heteroatoms. The van der Waals surface area contributed by atoms with Crippen molar-refractivity contribution in [3.05, 3.63) is 46.8 Å². The maximum atomic E-state index is 4.74. The predicted molar refractivity (Wildman–Crippen MR) is 97.1 cm³/mol. The number of rotatable bonds is 8. The summed E-state index contributed by atoms with van der Waals surface area (Å²) in [4.78, 5) is 0. The SMILES string of the molecule is CSCCCCNCc1c(C)nn(-c2ccccc2C)c1C. The van der Waals surface area contributed by atoms with E-state index < -0.39 is 0 Å². The molecule has 0 bridgehead atoms. The molecule has 3 nitrogen and oxygen atoms in total. The Balaban J connectivity index is 2.03. The summed E-state index contributed by atoms with van der Waals surface area (Å²) in [7, 11) is 0. The number of aryl methyl sites for hydroxylation is 2. The van der Waals surface area contributed by atoms with Crippen LogP contribution in [0.3, 0.4) is 0 Å². The molecule has 0 aliphatic carbocycles. The van der Waals surface area contributed by atoms with E-state index in [0.29, 0.717) is 0 Å². The number of aromatic nitrogens is 2. The summed E-state index contributed by atoms with van der Waals surface area (Å²) in [5, 5.41) is 8.30. The number of nitrogens with one attached hydrogen (secondary N) is 1. The lowest BCUT2D eigenvalue weighted by Gasteiger charge is -2.09. The molecule has 0 aliphatic rings. The van der Waals surface area contributed by atoms with Crippen LogP contribution < -0.4 is 5.32 Å². The Morgan fingerprint density at radius 2 is 1.91 bits per heavy atom. The van der Waals surface area contributed by atoms with Crippen molar-refractivity contribution in [1.29, 1.82) is 0 Å². The van der Waals surface area contributed by atoms with Crippen LogP contribution >= 0.6 is 11.8 Å². The summed E-state index contributed by atoms with van der Waals surface area (Å²) < 4.78 is 2.08. The fourth-order valence-corrected chi connectivity index (χ4v) is 3.17. The molecule has 0 aliphatic heterocycles. The van der Waals surface area contributed by atoms with Crippen LogP contribution in [0.25, 0.3) is 5.69 Å². The number of unbranched alkanes of at least 4 members (excludes halogenated alkanes) is 1. The van der Waals surface area contributed by atoms with Crippen LogP contribution in [0.1, 0.15) is 35.4 Å². The lowest BCUT2D eigenvalue weighted by atomic mass is 10.1. The molecular weight excluding hydrogens is 290 g/mol. The first-order chi connectivity index (χ1) is 10.6. The number of hydrogen-bond acceptors (Lipinski definition) is 3. The Labute approximate surface area is 138 Å². The van der Waals surface area contributed by atoms with Crippen molar-refractivity contribution in [2.45, 2.75) is 40.2 Å². The van der Waals surface area contributed by atoms with E-state index in [1.54, 1.807) is 0 Å². The molecule has 2 aromatic rings. The van der Waals surface area contributed by atoms with E-state index in [1.807, 2.05) is 11.8 Å². The Kier molecular flexibility index (Phi) is 6.52. The maximum Gasteiger partial charge on any atom is 0.0678 e. The van der Waals surface area contributed by atoms with Crippen molar-refractivity contribution in [3.63, 3.8) is 0 Å². The highest BCUT2D eigenvalue weighted by Gasteiger charge is 2.13. The first kappa shape index (κ1) is 17.1. The van der Waals surface area contributed by atoms with Gasteiger partial charge in [0.15, 0.2) is 0 Å². The summed E-state index contributed by atoms with van der Waals surface area (Å²) in [6.07, 6.45) is 4.69. The molecule has 0 saturated heterocycles. The third-order valence-corrected chi connectivity index (χ3v) is 4.74. The monoisotopic (exact) mass is 317 g/mol. The van der Waals surface area contributed by atoms with Crippen LogP contribution in [0.15, 0.2) is 24.3 Å². The minimum atomic E-state index is 0.906. The molecule has 0 spiro atoms. The zero-order chi connectivity index (χ0) is 15.9. The van der Waals surface area contributed by atoms with Gasteiger partial charge in [-0.3, -0.25) is 0 Å². The van der Waals surface area contributed by atoms with Crippen molar-refractivity contribution in [3.8, 4) is 5.69 Å². The molecule has 0 atom stereocenters. The van der Waals surface area contributed by atoms with Gasteiger partial charge in [0.05, 0.1) is 11.4 Å². The fraction of sp³-hybridized carbons (Fsp3) is 0.500. The normalized spacial score (nSPS) is 11.1. The van der Waals surface area contributed by atoms with Crippen LogP contribution in [-0.4, -0.2) is 28.3 Å². The third kappa shape index (κ3) is 4.14. The van der Waals surface area contributed by atoms with Gasteiger partial charge in [0, 0.05) is 17.8 Å². The molecule has 0 radical (unpaired) electrons. The second-order valence-corrected chi connectivity index (χ2v) is 6.71. The molecule has 1 heterocycles. The number of hydrogen-bond donors (Lipinski definition) is 1. The Bertz CT molecular complexity index is 604. The van der Waals surface area contributed by atoms with Crippen LogP contribution in [-0.2, 0) is 6.54 Å².